The summed E-state index contributed by atoms with van der Waals surface area (Å²) in [5.41, 5.74) is 3.40. The molecule has 164 valence electrons. The molecule has 1 amide bonds. The first kappa shape index (κ1) is 25.0. The average molecular weight is 542 g/mol. The minimum atomic E-state index is -0.115. The van der Waals surface area contributed by atoms with Gasteiger partial charge in [-0.25, -0.2) is 0 Å². The quantitative estimate of drug-likeness (QED) is 0.351. The van der Waals surface area contributed by atoms with Gasteiger partial charge >= 0.3 is 0 Å². The average Bonchev–Trinajstić information content (AvgIpc) is 2.64. The van der Waals surface area contributed by atoms with Crippen LogP contribution >= 0.6 is 34.2 Å². The van der Waals surface area contributed by atoms with Crippen molar-refractivity contribution < 1.29 is 4.79 Å². The number of carbonyl (C=O) groups excluding carboxylic acids is 1. The van der Waals surface area contributed by atoms with E-state index >= 15 is 0 Å². The Hall–Kier alpha value is -1.31. The Morgan fingerprint density at radius 2 is 1.67 bits per heavy atom. The second-order valence-corrected chi connectivity index (χ2v) is 10.0. The lowest BCUT2D eigenvalue weighted by Crippen LogP contribution is -2.41. The molecule has 0 fully saturated rings. The molecule has 0 saturated carbocycles. The summed E-state index contributed by atoms with van der Waals surface area (Å²) in [5.74, 6) is -0.115. The summed E-state index contributed by atoms with van der Waals surface area (Å²) in [6.07, 6.45) is 0.891. The van der Waals surface area contributed by atoms with E-state index in [1.165, 1.54) is 3.57 Å². The Labute approximate surface area is 199 Å². The molecule has 0 aliphatic heterocycles. The smallest absolute Gasteiger partial charge is 0.253 e. The van der Waals surface area contributed by atoms with E-state index in [4.69, 9.17) is 11.6 Å². The maximum Gasteiger partial charge on any atom is 0.253 e. The van der Waals surface area contributed by atoms with Crippen LogP contribution in [0.4, 0.5) is 11.4 Å². The van der Waals surface area contributed by atoms with Gasteiger partial charge in [0.25, 0.3) is 5.91 Å². The fraction of sp³-hybridized carbons (Fsp3) is 0.458. The lowest BCUT2D eigenvalue weighted by molar-refractivity contribution is 0.0932. The third kappa shape index (κ3) is 7.13. The number of anilines is 2. The highest BCUT2D eigenvalue weighted by Crippen LogP contribution is 2.27. The van der Waals surface area contributed by atoms with Crippen LogP contribution in [0.25, 0.3) is 0 Å². The number of benzene rings is 2. The SMILES string of the molecule is Cc1cc(I)ccc1Nc1ccc(Cl)cc1C(=O)NC(C)CCN(C(C)C)C(C)C. The normalized spacial score (nSPS) is 12.5. The van der Waals surface area contributed by atoms with Crippen molar-refractivity contribution in [1.82, 2.24) is 10.2 Å². The molecular formula is C24H33ClIN3O. The summed E-state index contributed by atoms with van der Waals surface area (Å²) in [6, 6.07) is 12.6. The number of nitrogens with zero attached hydrogens (tertiary/aromatic N) is 1. The van der Waals surface area contributed by atoms with E-state index < -0.39 is 0 Å². The molecule has 1 unspecified atom stereocenters. The maximum atomic E-state index is 13.0. The van der Waals surface area contributed by atoms with Crippen LogP contribution in [-0.4, -0.2) is 35.5 Å². The molecule has 0 aliphatic carbocycles. The van der Waals surface area contributed by atoms with Crippen molar-refractivity contribution in [2.24, 2.45) is 0 Å². The van der Waals surface area contributed by atoms with Gasteiger partial charge in [0.15, 0.2) is 0 Å². The minimum Gasteiger partial charge on any atom is -0.355 e. The molecule has 0 aromatic heterocycles. The van der Waals surface area contributed by atoms with E-state index in [-0.39, 0.29) is 11.9 Å². The summed E-state index contributed by atoms with van der Waals surface area (Å²) in [5, 5.41) is 7.08. The summed E-state index contributed by atoms with van der Waals surface area (Å²) < 4.78 is 1.18. The van der Waals surface area contributed by atoms with E-state index in [2.05, 4.69) is 85.7 Å². The van der Waals surface area contributed by atoms with Gasteiger partial charge in [0.05, 0.1) is 11.3 Å². The molecule has 2 N–H and O–H groups in total. The molecule has 30 heavy (non-hydrogen) atoms. The molecule has 1 atom stereocenters. The van der Waals surface area contributed by atoms with Crippen LogP contribution in [-0.2, 0) is 0 Å². The van der Waals surface area contributed by atoms with Crippen molar-refractivity contribution in [2.75, 3.05) is 11.9 Å². The number of carbonyl (C=O) groups is 1. The van der Waals surface area contributed by atoms with E-state index in [1.807, 2.05) is 18.2 Å². The highest BCUT2D eigenvalue weighted by atomic mass is 127. The Morgan fingerprint density at radius 3 is 2.27 bits per heavy atom. The lowest BCUT2D eigenvalue weighted by atomic mass is 10.1. The Bertz CT molecular complexity index is 862. The predicted octanol–water partition coefficient (Wildman–Crippen LogP) is 6.62. The van der Waals surface area contributed by atoms with Crippen molar-refractivity contribution in [3.63, 3.8) is 0 Å². The van der Waals surface area contributed by atoms with Gasteiger partial charge < -0.3 is 10.6 Å². The summed E-state index contributed by atoms with van der Waals surface area (Å²) >= 11 is 8.50. The Morgan fingerprint density at radius 1 is 1.03 bits per heavy atom. The first-order valence-corrected chi connectivity index (χ1v) is 11.9. The number of halogens is 2. The van der Waals surface area contributed by atoms with Crippen LogP contribution in [0, 0.1) is 10.5 Å². The zero-order valence-electron chi connectivity index (χ0n) is 18.7. The van der Waals surface area contributed by atoms with Gasteiger partial charge in [-0.05, 0) is 113 Å². The fourth-order valence-corrected chi connectivity index (χ4v) is 4.37. The molecule has 0 saturated heterocycles. The minimum absolute atomic E-state index is 0.0596. The van der Waals surface area contributed by atoms with Crippen molar-refractivity contribution in [1.29, 1.82) is 0 Å². The van der Waals surface area contributed by atoms with Crippen LogP contribution in [0.1, 0.15) is 57.0 Å². The number of amides is 1. The second kappa shape index (κ2) is 11.3. The molecule has 2 aromatic rings. The third-order valence-electron chi connectivity index (χ3n) is 5.21. The van der Waals surface area contributed by atoms with Crippen molar-refractivity contribution >= 4 is 51.5 Å². The van der Waals surface area contributed by atoms with Crippen LogP contribution < -0.4 is 10.6 Å². The number of aryl methyl sites for hydroxylation is 1. The Kier molecular flexibility index (Phi) is 9.44. The summed E-state index contributed by atoms with van der Waals surface area (Å²) in [6.45, 7) is 13.9. The van der Waals surface area contributed by atoms with Gasteiger partial charge in [-0.1, -0.05) is 11.6 Å². The standard InChI is InChI=1S/C24H33ClIN3O/c1-15(2)29(16(3)4)12-11-18(6)27-24(30)21-14-19(25)7-9-23(21)28-22-10-8-20(26)13-17(22)5/h7-10,13-16,18,28H,11-12H2,1-6H3,(H,27,30). The van der Waals surface area contributed by atoms with E-state index in [0.29, 0.717) is 22.7 Å². The van der Waals surface area contributed by atoms with E-state index in [0.717, 1.165) is 29.9 Å². The zero-order valence-corrected chi connectivity index (χ0v) is 21.6. The lowest BCUT2D eigenvalue weighted by Gasteiger charge is -2.31. The van der Waals surface area contributed by atoms with Crippen molar-refractivity contribution in [2.45, 2.75) is 66.1 Å². The third-order valence-corrected chi connectivity index (χ3v) is 6.11. The van der Waals surface area contributed by atoms with Crippen LogP contribution in [0.15, 0.2) is 36.4 Å². The molecule has 0 bridgehead atoms. The first-order chi connectivity index (χ1) is 14.1. The van der Waals surface area contributed by atoms with Gasteiger partial charge in [0, 0.05) is 39.0 Å². The molecule has 0 aliphatic rings. The number of nitrogens with one attached hydrogen (secondary N) is 2. The molecule has 6 heteroatoms. The highest BCUT2D eigenvalue weighted by Gasteiger charge is 2.18. The second-order valence-electron chi connectivity index (χ2n) is 8.36. The Balaban J connectivity index is 2.12. The highest BCUT2D eigenvalue weighted by molar-refractivity contribution is 14.1. The van der Waals surface area contributed by atoms with Crippen LogP contribution in [0.2, 0.25) is 5.02 Å². The van der Waals surface area contributed by atoms with Crippen LogP contribution in [0.3, 0.4) is 0 Å². The molecule has 2 rings (SSSR count). The van der Waals surface area contributed by atoms with Crippen molar-refractivity contribution in [3.8, 4) is 0 Å². The summed E-state index contributed by atoms with van der Waals surface area (Å²) in [7, 11) is 0. The first-order valence-electron chi connectivity index (χ1n) is 10.5. The van der Waals surface area contributed by atoms with Gasteiger partial charge in [0.2, 0.25) is 0 Å². The van der Waals surface area contributed by atoms with Crippen LogP contribution in [0.5, 0.6) is 0 Å². The van der Waals surface area contributed by atoms with Gasteiger partial charge in [0.1, 0.15) is 0 Å². The monoisotopic (exact) mass is 541 g/mol. The largest absolute Gasteiger partial charge is 0.355 e. The van der Waals surface area contributed by atoms with Crippen molar-refractivity contribution in [3.05, 3.63) is 56.1 Å². The van der Waals surface area contributed by atoms with Gasteiger partial charge in [-0.3, -0.25) is 9.69 Å². The number of hydrogen-bond acceptors (Lipinski definition) is 3. The fourth-order valence-electron chi connectivity index (χ4n) is 3.55. The number of rotatable bonds is 9. The molecule has 0 heterocycles. The zero-order chi connectivity index (χ0) is 22.4. The van der Waals surface area contributed by atoms with Gasteiger partial charge in [-0.2, -0.15) is 0 Å². The molecule has 4 nitrogen and oxygen atoms in total. The summed E-state index contributed by atoms with van der Waals surface area (Å²) in [4.78, 5) is 15.5. The van der Waals surface area contributed by atoms with Gasteiger partial charge in [-0.15, -0.1) is 0 Å². The topological polar surface area (TPSA) is 44.4 Å². The molecule has 0 spiro atoms. The molecule has 2 aromatic carbocycles. The molecule has 0 radical (unpaired) electrons. The molecular weight excluding hydrogens is 509 g/mol. The predicted molar refractivity (Wildman–Crippen MR) is 137 cm³/mol. The maximum absolute atomic E-state index is 13.0. The van der Waals surface area contributed by atoms with E-state index in [9.17, 15) is 4.79 Å². The van der Waals surface area contributed by atoms with E-state index in [1.54, 1.807) is 12.1 Å². The number of hydrogen-bond donors (Lipinski definition) is 2.